The Morgan fingerprint density at radius 3 is 2.73 bits per heavy atom. The first kappa shape index (κ1) is 13.2. The van der Waals surface area contributed by atoms with Crippen molar-refractivity contribution in [1.82, 2.24) is 4.57 Å². The van der Waals surface area contributed by atoms with Crippen LogP contribution in [0.2, 0.25) is 5.02 Å². The molecule has 0 aliphatic carbocycles. The molecule has 0 aliphatic rings. The maximum absolute atomic E-state index is 12.3. The van der Waals surface area contributed by atoms with E-state index in [0.717, 1.165) is 22.2 Å². The van der Waals surface area contributed by atoms with Gasteiger partial charge in [-0.1, -0.05) is 29.8 Å². The van der Waals surface area contributed by atoms with E-state index in [4.69, 9.17) is 16.0 Å². The summed E-state index contributed by atoms with van der Waals surface area (Å²) in [6.07, 6.45) is 1.94. The molecule has 0 unspecified atom stereocenters. The number of aromatic nitrogens is 1. The van der Waals surface area contributed by atoms with E-state index in [0.29, 0.717) is 16.0 Å². The van der Waals surface area contributed by atoms with Crippen molar-refractivity contribution in [1.29, 1.82) is 0 Å². The van der Waals surface area contributed by atoms with E-state index in [9.17, 15) is 4.79 Å². The van der Waals surface area contributed by atoms with Crippen molar-refractivity contribution in [2.75, 3.05) is 0 Å². The lowest BCUT2D eigenvalue weighted by Crippen LogP contribution is -2.01. The normalized spacial score (nSPS) is 11.4. The van der Waals surface area contributed by atoms with Crippen LogP contribution in [0.3, 0.4) is 0 Å². The van der Waals surface area contributed by atoms with Gasteiger partial charge in [-0.2, -0.15) is 0 Å². The van der Waals surface area contributed by atoms with Crippen molar-refractivity contribution in [3.8, 4) is 5.69 Å². The van der Waals surface area contributed by atoms with Crippen LogP contribution in [0, 0.1) is 6.92 Å². The van der Waals surface area contributed by atoms with Crippen LogP contribution in [0.1, 0.15) is 5.56 Å². The summed E-state index contributed by atoms with van der Waals surface area (Å²) >= 11 is 6.11. The zero-order valence-electron chi connectivity index (χ0n) is 11.8. The number of hydrogen-bond donors (Lipinski definition) is 0. The predicted molar refractivity (Wildman–Crippen MR) is 89.1 cm³/mol. The highest BCUT2D eigenvalue weighted by atomic mass is 35.5. The number of aryl methyl sites for hydroxylation is 1. The molecular weight excluding hydrogens is 298 g/mol. The molecule has 0 N–H and O–H groups in total. The maximum atomic E-state index is 12.3. The second kappa shape index (κ2) is 4.75. The van der Waals surface area contributed by atoms with Crippen LogP contribution in [0.25, 0.3) is 27.6 Å². The van der Waals surface area contributed by atoms with E-state index in [-0.39, 0.29) is 5.63 Å². The van der Waals surface area contributed by atoms with E-state index in [1.807, 2.05) is 60.2 Å². The van der Waals surface area contributed by atoms with Crippen molar-refractivity contribution in [3.63, 3.8) is 0 Å². The molecule has 0 fully saturated rings. The van der Waals surface area contributed by atoms with Crippen molar-refractivity contribution >= 4 is 33.5 Å². The number of halogens is 1. The summed E-state index contributed by atoms with van der Waals surface area (Å²) in [5.74, 6) is 0. The summed E-state index contributed by atoms with van der Waals surface area (Å²) in [5.41, 5.74) is 2.93. The Labute approximate surface area is 131 Å². The molecule has 0 amide bonds. The average molecular weight is 310 g/mol. The molecule has 2 aromatic heterocycles. The van der Waals surface area contributed by atoms with Crippen molar-refractivity contribution in [2.24, 2.45) is 0 Å². The summed E-state index contributed by atoms with van der Waals surface area (Å²) in [5, 5.41) is 2.17. The molecule has 0 radical (unpaired) electrons. The van der Waals surface area contributed by atoms with E-state index in [1.165, 1.54) is 0 Å². The van der Waals surface area contributed by atoms with Crippen LogP contribution >= 0.6 is 11.6 Å². The van der Waals surface area contributed by atoms with Gasteiger partial charge in [0.1, 0.15) is 5.58 Å². The highest BCUT2D eigenvalue weighted by Crippen LogP contribution is 2.29. The fourth-order valence-electron chi connectivity index (χ4n) is 2.88. The molecule has 4 heteroatoms. The van der Waals surface area contributed by atoms with Crippen LogP contribution in [0.15, 0.2) is 63.9 Å². The molecule has 0 bridgehead atoms. The van der Waals surface area contributed by atoms with Gasteiger partial charge in [0.15, 0.2) is 0 Å². The molecule has 4 aromatic rings. The molecule has 108 valence electrons. The summed E-state index contributed by atoms with van der Waals surface area (Å²) in [6.45, 7) is 1.91. The summed E-state index contributed by atoms with van der Waals surface area (Å²) in [4.78, 5) is 12.3. The maximum Gasteiger partial charge on any atom is 0.346 e. The SMILES string of the molecule is Cc1cn(-c2cccc(Cl)c2)c2c1c(=O)oc1ccccc12. The van der Waals surface area contributed by atoms with E-state index in [1.54, 1.807) is 6.07 Å². The molecule has 0 saturated carbocycles. The Bertz CT molecular complexity index is 1080. The highest BCUT2D eigenvalue weighted by molar-refractivity contribution is 6.30. The van der Waals surface area contributed by atoms with Gasteiger partial charge in [0.2, 0.25) is 0 Å². The van der Waals surface area contributed by atoms with Gasteiger partial charge in [-0.25, -0.2) is 4.79 Å². The fraction of sp³-hybridized carbons (Fsp3) is 0.0556. The van der Waals surface area contributed by atoms with Gasteiger partial charge in [-0.3, -0.25) is 0 Å². The molecule has 3 nitrogen and oxygen atoms in total. The molecule has 0 aliphatic heterocycles. The lowest BCUT2D eigenvalue weighted by Gasteiger charge is -2.07. The fourth-order valence-corrected chi connectivity index (χ4v) is 3.07. The van der Waals surface area contributed by atoms with Gasteiger partial charge in [-0.15, -0.1) is 0 Å². The minimum absolute atomic E-state index is 0.313. The first-order valence-electron chi connectivity index (χ1n) is 6.94. The van der Waals surface area contributed by atoms with Gasteiger partial charge >= 0.3 is 5.63 Å². The second-order valence-corrected chi connectivity index (χ2v) is 5.71. The van der Waals surface area contributed by atoms with Crippen molar-refractivity contribution in [2.45, 2.75) is 6.92 Å². The third-order valence-corrected chi connectivity index (χ3v) is 4.07. The lowest BCUT2D eigenvalue weighted by molar-refractivity contribution is 0.569. The molecule has 22 heavy (non-hydrogen) atoms. The Morgan fingerprint density at radius 1 is 1.09 bits per heavy atom. The van der Waals surface area contributed by atoms with Crippen LogP contribution in [0.4, 0.5) is 0 Å². The second-order valence-electron chi connectivity index (χ2n) is 5.27. The average Bonchev–Trinajstić information content (AvgIpc) is 2.86. The summed E-state index contributed by atoms with van der Waals surface area (Å²) in [7, 11) is 0. The largest absolute Gasteiger partial charge is 0.422 e. The minimum Gasteiger partial charge on any atom is -0.422 e. The van der Waals surface area contributed by atoms with Gasteiger partial charge in [0.05, 0.1) is 10.9 Å². The van der Waals surface area contributed by atoms with Gasteiger partial charge in [0.25, 0.3) is 0 Å². The van der Waals surface area contributed by atoms with E-state index in [2.05, 4.69) is 0 Å². The molecule has 0 saturated heterocycles. The third-order valence-electron chi connectivity index (χ3n) is 3.83. The first-order valence-corrected chi connectivity index (χ1v) is 7.32. The van der Waals surface area contributed by atoms with Crippen LogP contribution in [-0.4, -0.2) is 4.57 Å². The summed E-state index contributed by atoms with van der Waals surface area (Å²) in [6, 6.07) is 15.1. The zero-order valence-corrected chi connectivity index (χ0v) is 12.6. The first-order chi connectivity index (χ1) is 10.6. The van der Waals surface area contributed by atoms with E-state index >= 15 is 0 Å². The Hall–Kier alpha value is -2.52. The topological polar surface area (TPSA) is 35.1 Å². The Balaban J connectivity index is 2.23. The van der Waals surface area contributed by atoms with Crippen LogP contribution < -0.4 is 5.63 Å². The monoisotopic (exact) mass is 309 g/mol. The molecule has 2 aromatic carbocycles. The van der Waals surface area contributed by atoms with Gasteiger partial charge in [0, 0.05) is 22.3 Å². The third kappa shape index (κ3) is 1.86. The summed E-state index contributed by atoms with van der Waals surface area (Å²) < 4.78 is 7.43. The number of nitrogens with zero attached hydrogens (tertiary/aromatic N) is 1. The predicted octanol–water partition coefficient (Wildman–Crippen LogP) is 4.70. The molecular formula is C18H12ClNO2. The molecule has 2 heterocycles. The molecule has 0 spiro atoms. The standard InChI is InChI=1S/C18H12ClNO2/c1-11-10-20(13-6-4-5-12(19)9-13)17-14-7-2-3-8-15(14)22-18(21)16(11)17/h2-10H,1H3. The number of hydrogen-bond acceptors (Lipinski definition) is 2. The number of fused-ring (bicyclic) bond motifs is 3. The Kier molecular flexibility index (Phi) is 2.84. The lowest BCUT2D eigenvalue weighted by atomic mass is 10.1. The minimum atomic E-state index is -0.313. The van der Waals surface area contributed by atoms with Crippen molar-refractivity contribution in [3.05, 3.63) is 75.7 Å². The smallest absolute Gasteiger partial charge is 0.346 e. The van der Waals surface area contributed by atoms with Crippen molar-refractivity contribution < 1.29 is 4.42 Å². The van der Waals surface area contributed by atoms with Crippen LogP contribution in [0.5, 0.6) is 0 Å². The van der Waals surface area contributed by atoms with Crippen LogP contribution in [-0.2, 0) is 0 Å². The highest BCUT2D eigenvalue weighted by Gasteiger charge is 2.15. The van der Waals surface area contributed by atoms with E-state index < -0.39 is 0 Å². The quantitative estimate of drug-likeness (QED) is 0.478. The number of para-hydroxylation sites is 1. The Morgan fingerprint density at radius 2 is 1.91 bits per heavy atom. The molecule has 0 atom stereocenters. The number of benzene rings is 2. The number of rotatable bonds is 1. The van der Waals surface area contributed by atoms with Gasteiger partial charge in [-0.05, 0) is 42.8 Å². The zero-order chi connectivity index (χ0) is 15.3. The van der Waals surface area contributed by atoms with Gasteiger partial charge < -0.3 is 8.98 Å². The molecule has 4 rings (SSSR count).